The molecule has 5 heteroatoms. The molecule has 0 fully saturated rings. The van der Waals surface area contributed by atoms with Gasteiger partial charge in [-0.3, -0.25) is 0 Å². The van der Waals surface area contributed by atoms with Gasteiger partial charge in [-0.2, -0.15) is 5.10 Å². The summed E-state index contributed by atoms with van der Waals surface area (Å²) in [5.74, 6) is -0.0578. The van der Waals surface area contributed by atoms with Crippen LogP contribution in [0.15, 0.2) is 24.4 Å². The number of benzene rings is 1. The Bertz CT molecular complexity index is 502. The molecule has 0 saturated carbocycles. The molecule has 16 heavy (non-hydrogen) atoms. The van der Waals surface area contributed by atoms with Crippen molar-refractivity contribution < 1.29 is 4.39 Å². The number of aromatic nitrogens is 2. The molecule has 2 nitrogen and oxygen atoms in total. The van der Waals surface area contributed by atoms with Crippen molar-refractivity contribution in [2.24, 2.45) is 0 Å². The largest absolute Gasteiger partial charge is 0.233 e. The highest BCUT2D eigenvalue weighted by Crippen LogP contribution is 2.25. The fraction of sp³-hybridized carbons (Fsp3) is 0.182. The fourth-order valence-corrected chi connectivity index (χ4v) is 2.00. The molecule has 0 unspecified atom stereocenters. The summed E-state index contributed by atoms with van der Waals surface area (Å²) in [6.45, 7) is 1.83. The Morgan fingerprint density at radius 3 is 2.75 bits per heavy atom. The van der Waals surface area contributed by atoms with Gasteiger partial charge in [-0.1, -0.05) is 17.7 Å². The zero-order chi connectivity index (χ0) is 11.7. The minimum atomic E-state index is -0.403. The maximum absolute atomic E-state index is 13.7. The molecule has 1 aromatic heterocycles. The highest BCUT2D eigenvalue weighted by atomic mass is 35.5. The molecule has 1 aromatic carbocycles. The van der Waals surface area contributed by atoms with Crippen LogP contribution in [0.4, 0.5) is 4.39 Å². The summed E-state index contributed by atoms with van der Waals surface area (Å²) in [5.41, 5.74) is 1.92. The van der Waals surface area contributed by atoms with Gasteiger partial charge in [-0.25, -0.2) is 9.07 Å². The second-order valence-electron chi connectivity index (χ2n) is 3.37. The Balaban J connectivity index is 2.63. The van der Waals surface area contributed by atoms with Crippen LogP contribution in [-0.4, -0.2) is 9.78 Å². The smallest absolute Gasteiger partial charge is 0.150 e. The van der Waals surface area contributed by atoms with Crippen molar-refractivity contribution in [3.63, 3.8) is 0 Å². The minimum absolute atomic E-state index is 0.262. The predicted octanol–water partition coefficient (Wildman–Crippen LogP) is 3.71. The van der Waals surface area contributed by atoms with E-state index in [1.54, 1.807) is 18.3 Å². The topological polar surface area (TPSA) is 17.8 Å². The molecule has 0 aliphatic carbocycles. The summed E-state index contributed by atoms with van der Waals surface area (Å²) >= 11 is 11.7. The number of rotatable bonds is 2. The molecule has 1 heterocycles. The van der Waals surface area contributed by atoms with Crippen LogP contribution in [-0.2, 0) is 5.88 Å². The molecule has 0 radical (unpaired) electrons. The molecular formula is C11H9Cl2FN2. The average Bonchev–Trinajstić information content (AvgIpc) is 2.60. The van der Waals surface area contributed by atoms with E-state index >= 15 is 0 Å². The van der Waals surface area contributed by atoms with Gasteiger partial charge in [0.15, 0.2) is 0 Å². The highest BCUT2D eigenvalue weighted by Gasteiger charge is 2.14. The zero-order valence-electron chi connectivity index (χ0n) is 8.54. The number of halogens is 3. The Morgan fingerprint density at radius 2 is 2.19 bits per heavy atom. The first kappa shape index (κ1) is 11.4. The monoisotopic (exact) mass is 258 g/mol. The van der Waals surface area contributed by atoms with Crippen LogP contribution >= 0.6 is 23.2 Å². The van der Waals surface area contributed by atoms with Crippen LogP contribution in [0.25, 0.3) is 5.69 Å². The molecule has 2 rings (SSSR count). The SMILES string of the molecule is Cc1c(CCl)cnn1-c1c(F)cccc1Cl. The fourth-order valence-electron chi connectivity index (χ4n) is 1.49. The summed E-state index contributed by atoms with van der Waals surface area (Å²) in [5, 5.41) is 4.41. The molecule has 0 aliphatic rings. The second-order valence-corrected chi connectivity index (χ2v) is 4.05. The Morgan fingerprint density at radius 1 is 1.44 bits per heavy atom. The molecular weight excluding hydrogens is 250 g/mol. The van der Waals surface area contributed by atoms with E-state index in [2.05, 4.69) is 5.10 Å². The summed E-state index contributed by atoms with van der Waals surface area (Å²) in [6.07, 6.45) is 1.62. The molecule has 2 aromatic rings. The van der Waals surface area contributed by atoms with Gasteiger partial charge < -0.3 is 0 Å². The third kappa shape index (κ3) is 1.81. The number of hydrogen-bond acceptors (Lipinski definition) is 1. The second kappa shape index (κ2) is 4.44. The van der Waals surface area contributed by atoms with Gasteiger partial charge in [0, 0.05) is 11.3 Å². The molecule has 0 aliphatic heterocycles. The quantitative estimate of drug-likeness (QED) is 0.751. The Labute approximate surface area is 103 Å². The van der Waals surface area contributed by atoms with Gasteiger partial charge >= 0.3 is 0 Å². The van der Waals surface area contributed by atoms with E-state index in [1.165, 1.54) is 10.7 Å². The lowest BCUT2D eigenvalue weighted by Gasteiger charge is -2.08. The van der Waals surface area contributed by atoms with Crippen LogP contribution < -0.4 is 0 Å². The summed E-state index contributed by atoms with van der Waals surface area (Å²) in [6, 6.07) is 4.53. The van der Waals surface area contributed by atoms with E-state index in [-0.39, 0.29) is 5.69 Å². The zero-order valence-corrected chi connectivity index (χ0v) is 10.1. The van der Waals surface area contributed by atoms with Gasteiger partial charge in [0.25, 0.3) is 0 Å². The Kier molecular flexibility index (Phi) is 3.17. The van der Waals surface area contributed by atoms with Crippen molar-refractivity contribution >= 4 is 23.2 Å². The first-order chi connectivity index (χ1) is 7.65. The van der Waals surface area contributed by atoms with Gasteiger partial charge in [0.1, 0.15) is 11.5 Å². The van der Waals surface area contributed by atoms with Gasteiger partial charge in [-0.15, -0.1) is 11.6 Å². The van der Waals surface area contributed by atoms with E-state index in [1.807, 2.05) is 6.92 Å². The molecule has 0 amide bonds. The third-order valence-corrected chi connectivity index (χ3v) is 3.00. The number of para-hydroxylation sites is 1. The van der Waals surface area contributed by atoms with Crippen LogP contribution in [0.5, 0.6) is 0 Å². The standard InChI is InChI=1S/C11H9Cl2FN2/c1-7-8(5-12)6-15-16(7)11-9(13)3-2-4-10(11)14/h2-4,6H,5H2,1H3. The minimum Gasteiger partial charge on any atom is -0.233 e. The van der Waals surface area contributed by atoms with E-state index < -0.39 is 5.82 Å². The number of nitrogens with zero attached hydrogens (tertiary/aromatic N) is 2. The summed E-state index contributed by atoms with van der Waals surface area (Å²) < 4.78 is 15.1. The first-order valence-electron chi connectivity index (χ1n) is 4.69. The van der Waals surface area contributed by atoms with Crippen molar-refractivity contribution in [3.8, 4) is 5.69 Å². The van der Waals surface area contributed by atoms with Crippen molar-refractivity contribution in [2.45, 2.75) is 12.8 Å². The molecule has 84 valence electrons. The lowest BCUT2D eigenvalue weighted by molar-refractivity contribution is 0.608. The molecule has 0 atom stereocenters. The van der Waals surface area contributed by atoms with Gasteiger partial charge in [-0.05, 0) is 19.1 Å². The first-order valence-corrected chi connectivity index (χ1v) is 5.60. The maximum Gasteiger partial charge on any atom is 0.150 e. The molecule has 0 bridgehead atoms. The van der Waals surface area contributed by atoms with E-state index in [4.69, 9.17) is 23.2 Å². The predicted molar refractivity (Wildman–Crippen MR) is 62.8 cm³/mol. The summed E-state index contributed by atoms with van der Waals surface area (Å²) in [4.78, 5) is 0. The number of alkyl halides is 1. The van der Waals surface area contributed by atoms with Crippen LogP contribution in [0.1, 0.15) is 11.3 Å². The number of hydrogen-bond donors (Lipinski definition) is 0. The van der Waals surface area contributed by atoms with E-state index in [0.29, 0.717) is 10.9 Å². The van der Waals surface area contributed by atoms with Crippen LogP contribution in [0.2, 0.25) is 5.02 Å². The van der Waals surface area contributed by atoms with Gasteiger partial charge in [0.2, 0.25) is 0 Å². The Hall–Kier alpha value is -1.06. The van der Waals surface area contributed by atoms with Crippen LogP contribution in [0, 0.1) is 12.7 Å². The van der Waals surface area contributed by atoms with Crippen molar-refractivity contribution in [3.05, 3.63) is 46.5 Å². The third-order valence-electron chi connectivity index (χ3n) is 2.40. The van der Waals surface area contributed by atoms with Crippen molar-refractivity contribution in [1.82, 2.24) is 9.78 Å². The lowest BCUT2D eigenvalue weighted by atomic mass is 10.2. The highest BCUT2D eigenvalue weighted by molar-refractivity contribution is 6.32. The van der Waals surface area contributed by atoms with E-state index in [9.17, 15) is 4.39 Å². The molecule has 0 saturated heterocycles. The lowest BCUT2D eigenvalue weighted by Crippen LogP contribution is -2.03. The van der Waals surface area contributed by atoms with Crippen molar-refractivity contribution in [2.75, 3.05) is 0 Å². The normalized spacial score (nSPS) is 10.8. The van der Waals surface area contributed by atoms with Crippen LogP contribution in [0.3, 0.4) is 0 Å². The van der Waals surface area contributed by atoms with Crippen molar-refractivity contribution in [1.29, 1.82) is 0 Å². The van der Waals surface area contributed by atoms with E-state index in [0.717, 1.165) is 11.3 Å². The molecule has 0 spiro atoms. The average molecular weight is 259 g/mol. The molecule has 0 N–H and O–H groups in total. The van der Waals surface area contributed by atoms with Gasteiger partial charge in [0.05, 0.1) is 17.1 Å². The summed E-state index contributed by atoms with van der Waals surface area (Å²) in [7, 11) is 0. The maximum atomic E-state index is 13.7.